The molecule has 0 atom stereocenters. The average Bonchev–Trinajstić information content (AvgIpc) is 2.56. The number of allylic oxidation sites excluding steroid dienone is 1. The number of anilines is 1. The van der Waals surface area contributed by atoms with E-state index in [4.69, 9.17) is 0 Å². The Kier molecular flexibility index (Phi) is 5.48. The standard InChI is InChI=1S/C19H17N3O2/c1-14(2)11-15-7-6-10-17(12-15)22(13-20)19(24)21-18(23)16-8-4-3-5-9-16/h3-12H,1-2H3,(H,21,23,24). The third-order valence-corrected chi connectivity index (χ3v) is 3.14. The summed E-state index contributed by atoms with van der Waals surface area (Å²) in [5.74, 6) is -0.554. The summed E-state index contributed by atoms with van der Waals surface area (Å²) in [6.07, 6.45) is 3.74. The highest BCUT2D eigenvalue weighted by atomic mass is 16.2. The van der Waals surface area contributed by atoms with Gasteiger partial charge < -0.3 is 0 Å². The Morgan fingerprint density at radius 1 is 1.08 bits per heavy atom. The topological polar surface area (TPSA) is 73.2 Å². The minimum atomic E-state index is -0.791. The molecule has 3 amide bonds. The third-order valence-electron chi connectivity index (χ3n) is 3.14. The zero-order valence-corrected chi connectivity index (χ0v) is 13.5. The van der Waals surface area contributed by atoms with Gasteiger partial charge in [0, 0.05) is 5.56 Å². The second kappa shape index (κ2) is 7.75. The van der Waals surface area contributed by atoms with Gasteiger partial charge in [0.2, 0.25) is 0 Å². The Balaban J connectivity index is 2.19. The van der Waals surface area contributed by atoms with Crippen molar-refractivity contribution >= 4 is 23.7 Å². The lowest BCUT2D eigenvalue weighted by molar-refractivity contribution is 0.0966. The normalized spacial score (nSPS) is 9.54. The Morgan fingerprint density at radius 2 is 1.79 bits per heavy atom. The van der Waals surface area contributed by atoms with Gasteiger partial charge in [-0.1, -0.05) is 42.0 Å². The number of nitriles is 1. The second-order valence-corrected chi connectivity index (χ2v) is 5.38. The molecule has 0 aliphatic carbocycles. The number of benzene rings is 2. The highest BCUT2D eigenvalue weighted by molar-refractivity contribution is 6.09. The van der Waals surface area contributed by atoms with Crippen LogP contribution in [0, 0.1) is 11.5 Å². The molecule has 0 aliphatic rings. The van der Waals surface area contributed by atoms with Crippen molar-refractivity contribution in [1.29, 1.82) is 5.26 Å². The molecule has 0 fully saturated rings. The van der Waals surface area contributed by atoms with Crippen molar-refractivity contribution in [2.45, 2.75) is 13.8 Å². The maximum Gasteiger partial charge on any atom is 0.342 e. The number of hydrogen-bond donors (Lipinski definition) is 1. The van der Waals surface area contributed by atoms with Crippen molar-refractivity contribution in [1.82, 2.24) is 5.32 Å². The zero-order chi connectivity index (χ0) is 17.5. The van der Waals surface area contributed by atoms with Gasteiger partial charge in [-0.25, -0.2) is 4.79 Å². The van der Waals surface area contributed by atoms with Crippen molar-refractivity contribution in [2.24, 2.45) is 0 Å². The summed E-state index contributed by atoms with van der Waals surface area (Å²) in [7, 11) is 0. The number of amides is 3. The molecule has 0 radical (unpaired) electrons. The largest absolute Gasteiger partial charge is 0.342 e. The molecule has 0 saturated heterocycles. The molecule has 0 saturated carbocycles. The third kappa shape index (κ3) is 4.31. The number of carbonyl (C=O) groups is 2. The number of imide groups is 1. The van der Waals surface area contributed by atoms with Crippen LogP contribution >= 0.6 is 0 Å². The molecule has 5 heteroatoms. The van der Waals surface area contributed by atoms with Gasteiger partial charge in [-0.2, -0.15) is 10.2 Å². The summed E-state index contributed by atoms with van der Waals surface area (Å²) in [4.78, 5) is 25.1. The summed E-state index contributed by atoms with van der Waals surface area (Å²) >= 11 is 0. The Morgan fingerprint density at radius 3 is 2.42 bits per heavy atom. The van der Waals surface area contributed by atoms with Crippen molar-refractivity contribution in [3.05, 3.63) is 71.3 Å². The van der Waals surface area contributed by atoms with Gasteiger partial charge in [-0.3, -0.25) is 10.1 Å². The number of hydrogen-bond acceptors (Lipinski definition) is 3. The molecule has 0 heterocycles. The van der Waals surface area contributed by atoms with Gasteiger partial charge in [0.15, 0.2) is 6.19 Å². The first kappa shape index (κ1) is 17.0. The van der Waals surface area contributed by atoms with Crippen molar-refractivity contribution in [3.8, 4) is 6.19 Å². The van der Waals surface area contributed by atoms with Crippen LogP contribution in [0.25, 0.3) is 6.08 Å². The zero-order valence-electron chi connectivity index (χ0n) is 13.5. The van der Waals surface area contributed by atoms with E-state index >= 15 is 0 Å². The van der Waals surface area contributed by atoms with Crippen LogP contribution < -0.4 is 10.2 Å². The van der Waals surface area contributed by atoms with Gasteiger partial charge in [0.1, 0.15) is 0 Å². The number of urea groups is 1. The lowest BCUT2D eigenvalue weighted by Crippen LogP contribution is -2.40. The smallest absolute Gasteiger partial charge is 0.273 e. The summed E-state index contributed by atoms with van der Waals surface area (Å²) in [6.45, 7) is 3.92. The SMILES string of the molecule is CC(C)=Cc1cccc(N(C#N)C(=O)NC(=O)c2ccccc2)c1. The molecule has 0 aliphatic heterocycles. The molecular weight excluding hydrogens is 302 g/mol. The van der Waals surface area contributed by atoms with Crippen LogP contribution in [-0.2, 0) is 0 Å². The van der Waals surface area contributed by atoms with E-state index in [1.807, 2.05) is 26.0 Å². The van der Waals surface area contributed by atoms with Crippen LogP contribution in [0.15, 0.2) is 60.2 Å². The fourth-order valence-electron chi connectivity index (χ4n) is 2.12. The molecule has 0 unspecified atom stereocenters. The first-order valence-corrected chi connectivity index (χ1v) is 7.36. The van der Waals surface area contributed by atoms with Crippen LogP contribution in [-0.4, -0.2) is 11.9 Å². The molecular formula is C19H17N3O2. The van der Waals surface area contributed by atoms with E-state index in [0.29, 0.717) is 11.3 Å². The van der Waals surface area contributed by atoms with E-state index in [-0.39, 0.29) is 0 Å². The monoisotopic (exact) mass is 319 g/mol. The first-order chi connectivity index (χ1) is 11.5. The Bertz CT molecular complexity index is 816. The van der Waals surface area contributed by atoms with Crippen LogP contribution in [0.2, 0.25) is 0 Å². The minimum Gasteiger partial charge on any atom is -0.273 e. The highest BCUT2D eigenvalue weighted by Gasteiger charge is 2.18. The number of rotatable bonds is 3. The van der Waals surface area contributed by atoms with Crippen molar-refractivity contribution in [3.63, 3.8) is 0 Å². The summed E-state index contributed by atoms with van der Waals surface area (Å²) in [5, 5.41) is 11.5. The molecule has 1 N–H and O–H groups in total. The fraction of sp³-hybridized carbons (Fsp3) is 0.105. The maximum atomic E-state index is 12.2. The number of nitrogens with one attached hydrogen (secondary N) is 1. The van der Waals surface area contributed by atoms with Gasteiger partial charge in [0.25, 0.3) is 5.91 Å². The van der Waals surface area contributed by atoms with E-state index in [9.17, 15) is 14.9 Å². The van der Waals surface area contributed by atoms with Crippen LogP contribution in [0.1, 0.15) is 29.8 Å². The minimum absolute atomic E-state index is 0.349. The molecule has 0 spiro atoms. The van der Waals surface area contributed by atoms with Gasteiger partial charge in [-0.15, -0.1) is 0 Å². The van der Waals surface area contributed by atoms with Gasteiger partial charge in [0.05, 0.1) is 5.69 Å². The molecule has 0 bridgehead atoms. The summed E-state index contributed by atoms with van der Waals surface area (Å²) in [6, 6.07) is 14.5. The molecule has 2 aromatic rings. The molecule has 2 rings (SSSR count). The van der Waals surface area contributed by atoms with E-state index in [0.717, 1.165) is 16.0 Å². The fourth-order valence-corrected chi connectivity index (χ4v) is 2.12. The predicted octanol–water partition coefficient (Wildman–Crippen LogP) is 3.95. The van der Waals surface area contributed by atoms with Crippen LogP contribution in [0.5, 0.6) is 0 Å². The van der Waals surface area contributed by atoms with E-state index in [1.54, 1.807) is 54.7 Å². The van der Waals surface area contributed by atoms with Crippen LogP contribution in [0.3, 0.4) is 0 Å². The maximum absolute atomic E-state index is 12.2. The lowest BCUT2D eigenvalue weighted by Gasteiger charge is -2.14. The van der Waals surface area contributed by atoms with E-state index in [1.165, 1.54) is 0 Å². The quantitative estimate of drug-likeness (QED) is 0.687. The van der Waals surface area contributed by atoms with Gasteiger partial charge >= 0.3 is 6.03 Å². The number of carbonyl (C=O) groups excluding carboxylic acids is 2. The Labute approximate surface area is 140 Å². The molecule has 120 valence electrons. The second-order valence-electron chi connectivity index (χ2n) is 5.38. The van der Waals surface area contributed by atoms with Crippen LogP contribution in [0.4, 0.5) is 10.5 Å². The molecule has 0 aromatic heterocycles. The van der Waals surface area contributed by atoms with E-state index in [2.05, 4.69) is 5.32 Å². The molecule has 5 nitrogen and oxygen atoms in total. The van der Waals surface area contributed by atoms with Crippen molar-refractivity contribution < 1.29 is 9.59 Å². The molecule has 24 heavy (non-hydrogen) atoms. The number of nitrogens with zero attached hydrogens (tertiary/aromatic N) is 2. The Hall–Kier alpha value is -3.39. The average molecular weight is 319 g/mol. The lowest BCUT2D eigenvalue weighted by atomic mass is 10.1. The summed E-state index contributed by atoms with van der Waals surface area (Å²) < 4.78 is 0. The van der Waals surface area contributed by atoms with Gasteiger partial charge in [-0.05, 0) is 43.7 Å². The highest BCUT2D eigenvalue weighted by Crippen LogP contribution is 2.18. The first-order valence-electron chi connectivity index (χ1n) is 7.36. The van der Waals surface area contributed by atoms with E-state index < -0.39 is 11.9 Å². The molecule has 2 aromatic carbocycles. The summed E-state index contributed by atoms with van der Waals surface area (Å²) in [5.41, 5.74) is 2.71. The predicted molar refractivity (Wildman–Crippen MR) is 93.2 cm³/mol. The van der Waals surface area contributed by atoms with Crippen molar-refractivity contribution in [2.75, 3.05) is 4.90 Å².